The van der Waals surface area contributed by atoms with Crippen LogP contribution in [0.1, 0.15) is 17.5 Å². The Labute approximate surface area is 102 Å². The molecule has 92 valence electrons. The van der Waals surface area contributed by atoms with Crippen molar-refractivity contribution >= 4 is 11.6 Å². The van der Waals surface area contributed by atoms with E-state index in [1.807, 2.05) is 0 Å². The Morgan fingerprint density at radius 2 is 2.06 bits per heavy atom. The van der Waals surface area contributed by atoms with Crippen LogP contribution in [0.5, 0.6) is 0 Å². The van der Waals surface area contributed by atoms with Gasteiger partial charge in [-0.25, -0.2) is 0 Å². The van der Waals surface area contributed by atoms with E-state index < -0.39 is 11.7 Å². The molecule has 1 aromatic carbocycles. The molecule has 2 fully saturated rings. The van der Waals surface area contributed by atoms with E-state index in [4.69, 9.17) is 11.6 Å². The summed E-state index contributed by atoms with van der Waals surface area (Å²) in [6.07, 6.45) is -3.36. The molecular weight excluding hydrogens is 251 g/mol. The zero-order chi connectivity index (χ0) is 12.3. The van der Waals surface area contributed by atoms with E-state index in [-0.39, 0.29) is 10.4 Å². The van der Waals surface area contributed by atoms with E-state index in [2.05, 4.69) is 5.32 Å². The Morgan fingerprint density at radius 3 is 2.59 bits per heavy atom. The van der Waals surface area contributed by atoms with Crippen molar-refractivity contribution in [3.8, 4) is 0 Å². The summed E-state index contributed by atoms with van der Waals surface area (Å²) in [6, 6.07) is 3.91. The number of nitrogens with one attached hydrogen (secondary N) is 1. The van der Waals surface area contributed by atoms with Gasteiger partial charge in [0.2, 0.25) is 0 Å². The predicted octanol–water partition coefficient (Wildman–Crippen LogP) is 3.22. The van der Waals surface area contributed by atoms with E-state index in [0.29, 0.717) is 5.92 Å². The molecule has 1 saturated carbocycles. The van der Waals surface area contributed by atoms with Crippen LogP contribution in [-0.4, -0.2) is 13.1 Å². The molecule has 1 aromatic rings. The van der Waals surface area contributed by atoms with E-state index in [9.17, 15) is 13.2 Å². The van der Waals surface area contributed by atoms with Crippen LogP contribution in [0.25, 0.3) is 0 Å². The number of hydrogen-bond acceptors (Lipinski definition) is 1. The average molecular weight is 262 g/mol. The van der Waals surface area contributed by atoms with Gasteiger partial charge in [-0.1, -0.05) is 11.6 Å². The third kappa shape index (κ3) is 1.74. The number of piperidine rings is 1. The van der Waals surface area contributed by atoms with Crippen LogP contribution in [0.4, 0.5) is 13.2 Å². The minimum Gasteiger partial charge on any atom is -0.316 e. The second-order valence-corrected chi connectivity index (χ2v) is 5.35. The molecule has 1 nitrogen and oxygen atoms in total. The number of fused-ring (bicyclic) bond motifs is 1. The quantitative estimate of drug-likeness (QED) is 0.819. The highest BCUT2D eigenvalue weighted by atomic mass is 35.5. The lowest BCUT2D eigenvalue weighted by Crippen LogP contribution is -2.20. The van der Waals surface area contributed by atoms with E-state index >= 15 is 0 Å². The summed E-state index contributed by atoms with van der Waals surface area (Å²) < 4.78 is 38.1. The summed E-state index contributed by atoms with van der Waals surface area (Å²) in [7, 11) is 0. The topological polar surface area (TPSA) is 12.0 Å². The molecule has 1 aliphatic heterocycles. The molecule has 17 heavy (non-hydrogen) atoms. The third-order valence-electron chi connectivity index (χ3n) is 3.86. The maximum Gasteiger partial charge on any atom is 0.416 e. The summed E-state index contributed by atoms with van der Waals surface area (Å²) in [5, 5.41) is 3.38. The van der Waals surface area contributed by atoms with Crippen molar-refractivity contribution in [2.75, 3.05) is 13.1 Å². The second kappa shape index (κ2) is 3.39. The molecule has 2 aliphatic rings. The van der Waals surface area contributed by atoms with Gasteiger partial charge in [-0.15, -0.1) is 0 Å². The molecule has 0 bridgehead atoms. The fourth-order valence-corrected chi connectivity index (χ4v) is 3.07. The minimum absolute atomic E-state index is 0.0924. The Hall–Kier alpha value is -0.740. The number of benzene rings is 1. The lowest BCUT2D eigenvalue weighted by molar-refractivity contribution is -0.137. The first-order chi connectivity index (χ1) is 7.92. The lowest BCUT2D eigenvalue weighted by atomic mass is 9.93. The molecule has 0 amide bonds. The van der Waals surface area contributed by atoms with Gasteiger partial charge >= 0.3 is 6.18 Å². The molecule has 1 heterocycles. The van der Waals surface area contributed by atoms with Crippen LogP contribution in [-0.2, 0) is 11.6 Å². The Balaban J connectivity index is 2.04. The van der Waals surface area contributed by atoms with Crippen molar-refractivity contribution in [3.63, 3.8) is 0 Å². The first kappa shape index (κ1) is 11.4. The van der Waals surface area contributed by atoms with Crippen LogP contribution in [0.15, 0.2) is 18.2 Å². The van der Waals surface area contributed by atoms with Gasteiger partial charge in [-0.2, -0.15) is 13.2 Å². The van der Waals surface area contributed by atoms with Crippen LogP contribution >= 0.6 is 11.6 Å². The third-order valence-corrected chi connectivity index (χ3v) is 4.08. The van der Waals surface area contributed by atoms with Crippen LogP contribution in [0.3, 0.4) is 0 Å². The second-order valence-electron chi connectivity index (χ2n) is 4.91. The van der Waals surface area contributed by atoms with Gasteiger partial charge in [0.25, 0.3) is 0 Å². The molecule has 5 heteroatoms. The number of hydrogen-bond donors (Lipinski definition) is 1. The molecule has 0 aromatic heterocycles. The SMILES string of the molecule is FC(F)(F)c1cc(Cl)cc(C23CNCC2C3)c1. The average Bonchev–Trinajstić information content (AvgIpc) is 2.80. The summed E-state index contributed by atoms with van der Waals surface area (Å²) >= 11 is 5.79. The molecule has 3 rings (SSSR count). The molecule has 0 spiro atoms. The van der Waals surface area contributed by atoms with E-state index in [0.717, 1.165) is 31.1 Å². The fraction of sp³-hybridized carbons (Fsp3) is 0.500. The first-order valence-corrected chi connectivity index (χ1v) is 5.89. The van der Waals surface area contributed by atoms with Gasteiger partial charge in [-0.3, -0.25) is 0 Å². The number of alkyl halides is 3. The summed E-state index contributed by atoms with van der Waals surface area (Å²) in [6.45, 7) is 1.66. The van der Waals surface area contributed by atoms with Crippen LogP contribution < -0.4 is 5.32 Å². The summed E-state index contributed by atoms with van der Waals surface area (Å²) in [4.78, 5) is 0. The largest absolute Gasteiger partial charge is 0.416 e. The van der Waals surface area contributed by atoms with E-state index in [1.54, 1.807) is 6.07 Å². The Morgan fingerprint density at radius 1 is 1.29 bits per heavy atom. The first-order valence-electron chi connectivity index (χ1n) is 5.51. The van der Waals surface area contributed by atoms with Crippen LogP contribution in [0, 0.1) is 5.92 Å². The van der Waals surface area contributed by atoms with Gasteiger partial charge in [0, 0.05) is 17.0 Å². The Bertz CT molecular complexity index is 471. The number of halogens is 4. The molecule has 1 saturated heterocycles. The lowest BCUT2D eigenvalue weighted by Gasteiger charge is -2.15. The monoisotopic (exact) mass is 261 g/mol. The maximum absolute atomic E-state index is 12.7. The van der Waals surface area contributed by atoms with E-state index in [1.165, 1.54) is 6.07 Å². The summed E-state index contributed by atoms with van der Waals surface area (Å²) in [5.41, 5.74) is -0.00972. The van der Waals surface area contributed by atoms with Crippen LogP contribution in [0.2, 0.25) is 5.02 Å². The highest BCUT2D eigenvalue weighted by molar-refractivity contribution is 6.30. The van der Waals surface area contributed by atoms with Crippen molar-refractivity contribution < 1.29 is 13.2 Å². The van der Waals surface area contributed by atoms with Gasteiger partial charge in [0.1, 0.15) is 0 Å². The zero-order valence-corrected chi connectivity index (χ0v) is 9.70. The van der Waals surface area contributed by atoms with Crippen molar-refractivity contribution in [2.45, 2.75) is 18.0 Å². The molecule has 2 unspecified atom stereocenters. The predicted molar refractivity (Wildman–Crippen MR) is 59.1 cm³/mol. The normalized spacial score (nSPS) is 31.4. The van der Waals surface area contributed by atoms with Gasteiger partial charge in [0.15, 0.2) is 0 Å². The van der Waals surface area contributed by atoms with Gasteiger partial charge < -0.3 is 5.32 Å². The standard InChI is InChI=1S/C12H11ClF3N/c13-10-2-7(1-8(3-10)12(14,15)16)11-4-9(11)5-17-6-11/h1-3,9,17H,4-6H2. The van der Waals surface area contributed by atoms with Crippen molar-refractivity contribution in [1.29, 1.82) is 0 Å². The maximum atomic E-state index is 12.7. The summed E-state index contributed by atoms with van der Waals surface area (Å²) in [5.74, 6) is 0.474. The number of rotatable bonds is 1. The van der Waals surface area contributed by atoms with Gasteiger partial charge in [-0.05, 0) is 42.6 Å². The fourth-order valence-electron chi connectivity index (χ4n) is 2.83. The molecule has 2 atom stereocenters. The van der Waals surface area contributed by atoms with Crippen molar-refractivity contribution in [3.05, 3.63) is 34.3 Å². The van der Waals surface area contributed by atoms with Gasteiger partial charge in [0.05, 0.1) is 5.56 Å². The molecule has 0 radical (unpaired) electrons. The zero-order valence-electron chi connectivity index (χ0n) is 8.94. The Kier molecular flexibility index (Phi) is 2.26. The molecule has 1 N–H and O–H groups in total. The highest BCUT2D eigenvalue weighted by Crippen LogP contribution is 2.57. The molecule has 1 aliphatic carbocycles. The molecular formula is C12H11ClF3N. The minimum atomic E-state index is -4.33. The smallest absolute Gasteiger partial charge is 0.316 e. The van der Waals surface area contributed by atoms with Crippen molar-refractivity contribution in [2.24, 2.45) is 5.92 Å². The van der Waals surface area contributed by atoms with Crippen molar-refractivity contribution in [1.82, 2.24) is 5.32 Å². The highest BCUT2D eigenvalue weighted by Gasteiger charge is 2.58.